The molecule has 2 amide bonds. The maximum absolute atomic E-state index is 12.1. The molecule has 1 aromatic carbocycles. The zero-order valence-electron chi connectivity index (χ0n) is 12.6. The normalized spacial score (nSPS) is 16.3. The predicted octanol–water partition coefficient (Wildman–Crippen LogP) is 2.50. The molecule has 0 radical (unpaired) electrons. The van der Waals surface area contributed by atoms with Gasteiger partial charge < -0.3 is 16.0 Å². The summed E-state index contributed by atoms with van der Waals surface area (Å²) in [5, 5.41) is 8.97. The Kier molecular flexibility index (Phi) is 5.20. The van der Waals surface area contributed by atoms with E-state index in [0.29, 0.717) is 6.04 Å². The molecule has 3 N–H and O–H groups in total. The average Bonchev–Trinajstić information content (AvgIpc) is 2.91. The molecule has 5 nitrogen and oxygen atoms in total. The summed E-state index contributed by atoms with van der Waals surface area (Å²) in [6.07, 6.45) is 4.56. The van der Waals surface area contributed by atoms with Crippen molar-refractivity contribution >= 4 is 23.2 Å². The van der Waals surface area contributed by atoms with Crippen molar-refractivity contribution in [2.75, 3.05) is 10.6 Å². The third-order valence-electron chi connectivity index (χ3n) is 3.66. The van der Waals surface area contributed by atoms with Crippen molar-refractivity contribution in [3.05, 3.63) is 24.3 Å². The number of amides is 2. The molecule has 21 heavy (non-hydrogen) atoms. The standard InChI is InChI=1S/C16H23N3O2/c1-11(16(21)19-13-6-3-4-7-13)17-14-8-5-9-15(10-14)18-12(2)20/h5,8-11,13,17H,3-4,6-7H2,1-2H3,(H,18,20)(H,19,21)/t11-/m1/s1. The van der Waals surface area contributed by atoms with Crippen LogP contribution < -0.4 is 16.0 Å². The predicted molar refractivity (Wildman–Crippen MR) is 84.2 cm³/mol. The highest BCUT2D eigenvalue weighted by molar-refractivity contribution is 5.89. The van der Waals surface area contributed by atoms with E-state index in [1.165, 1.54) is 19.8 Å². The lowest BCUT2D eigenvalue weighted by Gasteiger charge is -2.19. The lowest BCUT2D eigenvalue weighted by atomic mass is 10.2. The molecule has 0 heterocycles. The van der Waals surface area contributed by atoms with E-state index < -0.39 is 0 Å². The number of carbonyl (C=O) groups excluding carboxylic acids is 2. The van der Waals surface area contributed by atoms with Gasteiger partial charge in [0, 0.05) is 24.3 Å². The Morgan fingerprint density at radius 2 is 1.86 bits per heavy atom. The highest BCUT2D eigenvalue weighted by Gasteiger charge is 2.20. The Morgan fingerprint density at radius 3 is 2.52 bits per heavy atom. The van der Waals surface area contributed by atoms with Crippen molar-refractivity contribution in [2.45, 2.75) is 51.6 Å². The van der Waals surface area contributed by atoms with Crippen LogP contribution in [0.5, 0.6) is 0 Å². The molecule has 0 spiro atoms. The third-order valence-corrected chi connectivity index (χ3v) is 3.66. The van der Waals surface area contributed by atoms with Gasteiger partial charge in [-0.15, -0.1) is 0 Å². The van der Waals surface area contributed by atoms with E-state index in [2.05, 4.69) is 16.0 Å². The Labute approximate surface area is 125 Å². The maximum Gasteiger partial charge on any atom is 0.242 e. The molecule has 0 saturated heterocycles. The average molecular weight is 289 g/mol. The number of hydrogen-bond acceptors (Lipinski definition) is 3. The minimum Gasteiger partial charge on any atom is -0.374 e. The zero-order valence-corrected chi connectivity index (χ0v) is 12.6. The maximum atomic E-state index is 12.1. The minimum absolute atomic E-state index is 0.0202. The van der Waals surface area contributed by atoms with Gasteiger partial charge in [0.1, 0.15) is 6.04 Å². The Balaban J connectivity index is 1.90. The first-order valence-corrected chi connectivity index (χ1v) is 7.49. The molecule has 0 aliphatic heterocycles. The largest absolute Gasteiger partial charge is 0.374 e. The number of anilines is 2. The fraction of sp³-hybridized carbons (Fsp3) is 0.500. The summed E-state index contributed by atoms with van der Waals surface area (Å²) in [5.74, 6) is -0.0917. The van der Waals surface area contributed by atoms with Gasteiger partial charge in [0.15, 0.2) is 0 Å². The summed E-state index contributed by atoms with van der Waals surface area (Å²) in [7, 11) is 0. The summed E-state index contributed by atoms with van der Waals surface area (Å²) in [4.78, 5) is 23.2. The van der Waals surface area contributed by atoms with Crippen LogP contribution in [-0.4, -0.2) is 23.9 Å². The smallest absolute Gasteiger partial charge is 0.242 e. The van der Waals surface area contributed by atoms with Crippen LogP contribution in [0.4, 0.5) is 11.4 Å². The molecule has 2 rings (SSSR count). The van der Waals surface area contributed by atoms with Crippen molar-refractivity contribution < 1.29 is 9.59 Å². The second-order valence-electron chi connectivity index (χ2n) is 5.62. The first-order chi connectivity index (χ1) is 10.0. The van der Waals surface area contributed by atoms with Gasteiger partial charge in [-0.25, -0.2) is 0 Å². The SMILES string of the molecule is CC(=O)Nc1cccc(N[C@H](C)C(=O)NC2CCCC2)c1. The molecule has 0 unspecified atom stereocenters. The molecule has 0 bridgehead atoms. The highest BCUT2D eigenvalue weighted by atomic mass is 16.2. The van der Waals surface area contributed by atoms with E-state index >= 15 is 0 Å². The molecule has 1 saturated carbocycles. The van der Waals surface area contributed by atoms with Crippen LogP contribution in [-0.2, 0) is 9.59 Å². The first-order valence-electron chi connectivity index (χ1n) is 7.49. The molecule has 1 aromatic rings. The highest BCUT2D eigenvalue weighted by Crippen LogP contribution is 2.19. The Morgan fingerprint density at radius 1 is 1.19 bits per heavy atom. The van der Waals surface area contributed by atoms with Gasteiger partial charge in [-0.05, 0) is 38.0 Å². The summed E-state index contributed by atoms with van der Waals surface area (Å²) >= 11 is 0. The quantitative estimate of drug-likeness (QED) is 0.780. The first kappa shape index (κ1) is 15.4. The second-order valence-corrected chi connectivity index (χ2v) is 5.62. The lowest BCUT2D eigenvalue weighted by Crippen LogP contribution is -2.42. The number of hydrogen-bond donors (Lipinski definition) is 3. The monoisotopic (exact) mass is 289 g/mol. The van der Waals surface area contributed by atoms with Crippen molar-refractivity contribution in [1.29, 1.82) is 0 Å². The van der Waals surface area contributed by atoms with Crippen LogP contribution in [0.1, 0.15) is 39.5 Å². The number of nitrogens with one attached hydrogen (secondary N) is 3. The summed E-state index contributed by atoms with van der Waals surface area (Å²) < 4.78 is 0. The van der Waals surface area contributed by atoms with Gasteiger partial charge in [-0.1, -0.05) is 18.9 Å². The minimum atomic E-state index is -0.307. The molecular formula is C16H23N3O2. The van der Waals surface area contributed by atoms with Crippen LogP contribution in [0.2, 0.25) is 0 Å². The molecule has 114 valence electrons. The van der Waals surface area contributed by atoms with Crippen molar-refractivity contribution in [3.63, 3.8) is 0 Å². The van der Waals surface area contributed by atoms with E-state index in [1.807, 2.05) is 31.2 Å². The van der Waals surface area contributed by atoms with Gasteiger partial charge in [0.25, 0.3) is 0 Å². The molecule has 1 atom stereocenters. The molecule has 1 fully saturated rings. The second kappa shape index (κ2) is 7.11. The van der Waals surface area contributed by atoms with E-state index in [1.54, 1.807) is 0 Å². The van der Waals surface area contributed by atoms with Gasteiger partial charge >= 0.3 is 0 Å². The molecule has 1 aliphatic rings. The van der Waals surface area contributed by atoms with E-state index in [0.717, 1.165) is 24.2 Å². The number of carbonyl (C=O) groups is 2. The summed E-state index contributed by atoms with van der Waals surface area (Å²) in [5.41, 5.74) is 1.53. The van der Waals surface area contributed by atoms with Crippen LogP contribution in [0.3, 0.4) is 0 Å². The fourth-order valence-electron chi connectivity index (χ4n) is 2.60. The van der Waals surface area contributed by atoms with Crippen molar-refractivity contribution in [3.8, 4) is 0 Å². The molecule has 1 aliphatic carbocycles. The van der Waals surface area contributed by atoms with E-state index in [-0.39, 0.29) is 17.9 Å². The van der Waals surface area contributed by atoms with Crippen LogP contribution in [0, 0.1) is 0 Å². The summed E-state index contributed by atoms with van der Waals surface area (Å²) in [6, 6.07) is 7.38. The number of benzene rings is 1. The molecule has 0 aromatic heterocycles. The van der Waals surface area contributed by atoms with Gasteiger partial charge in [0.05, 0.1) is 0 Å². The topological polar surface area (TPSA) is 70.2 Å². The van der Waals surface area contributed by atoms with Gasteiger partial charge in [-0.3, -0.25) is 9.59 Å². The van der Waals surface area contributed by atoms with Crippen molar-refractivity contribution in [1.82, 2.24) is 5.32 Å². The zero-order chi connectivity index (χ0) is 15.2. The van der Waals surface area contributed by atoms with Crippen LogP contribution in [0.15, 0.2) is 24.3 Å². The van der Waals surface area contributed by atoms with E-state index in [9.17, 15) is 9.59 Å². The molecule has 5 heteroatoms. The third kappa shape index (κ3) is 4.77. The Bertz CT molecular complexity index is 510. The van der Waals surface area contributed by atoms with Crippen molar-refractivity contribution in [2.24, 2.45) is 0 Å². The van der Waals surface area contributed by atoms with Crippen LogP contribution in [0.25, 0.3) is 0 Å². The van der Waals surface area contributed by atoms with E-state index in [4.69, 9.17) is 0 Å². The fourth-order valence-corrected chi connectivity index (χ4v) is 2.60. The number of rotatable bonds is 5. The van der Waals surface area contributed by atoms with Gasteiger partial charge in [0.2, 0.25) is 11.8 Å². The molecular weight excluding hydrogens is 266 g/mol. The summed E-state index contributed by atoms with van der Waals surface area (Å²) in [6.45, 7) is 3.31. The lowest BCUT2D eigenvalue weighted by molar-refractivity contribution is -0.122. The Hall–Kier alpha value is -2.04. The van der Waals surface area contributed by atoms with Crippen LogP contribution >= 0.6 is 0 Å². The van der Waals surface area contributed by atoms with Gasteiger partial charge in [-0.2, -0.15) is 0 Å².